The molecule has 2 rings (SSSR count). The Kier molecular flexibility index (Phi) is 5.12. The zero-order valence-corrected chi connectivity index (χ0v) is 13.0. The van der Waals surface area contributed by atoms with E-state index in [9.17, 15) is 30.4 Å². The molecule has 2 aromatic rings. The predicted octanol–water partition coefficient (Wildman–Crippen LogP) is 3.14. The monoisotopic (exact) mass is 346 g/mol. The van der Waals surface area contributed by atoms with Gasteiger partial charge >= 0.3 is 5.69 Å². The summed E-state index contributed by atoms with van der Waals surface area (Å²) in [6.07, 6.45) is 0.429. The number of benzene rings is 2. The van der Waals surface area contributed by atoms with Crippen LogP contribution in [0.3, 0.4) is 0 Å². The third-order valence-electron chi connectivity index (χ3n) is 3.34. The molecule has 0 atom stereocenters. The quantitative estimate of drug-likeness (QED) is 0.314. The van der Waals surface area contributed by atoms with Gasteiger partial charge in [0, 0.05) is 11.6 Å². The Morgan fingerprint density at radius 3 is 2.36 bits per heavy atom. The number of anilines is 1. The minimum Gasteiger partial charge on any atom is -0.504 e. The molecule has 130 valence electrons. The van der Waals surface area contributed by atoms with Crippen LogP contribution < -0.4 is 5.43 Å². The molecule has 0 aliphatic carbocycles. The second kappa shape index (κ2) is 7.25. The molecular weight excluding hydrogens is 332 g/mol. The molecule has 0 bridgehead atoms. The molecule has 2 aromatic carbocycles. The molecule has 0 amide bonds. The van der Waals surface area contributed by atoms with Crippen molar-refractivity contribution in [2.45, 2.75) is 13.3 Å². The number of phenolic OH excluding ortho intramolecular Hbond substituents is 2. The summed E-state index contributed by atoms with van der Waals surface area (Å²) in [6.45, 7) is 1.79. The lowest BCUT2D eigenvalue weighted by molar-refractivity contribution is -0.393. The van der Waals surface area contributed by atoms with E-state index >= 15 is 0 Å². The predicted molar refractivity (Wildman–Crippen MR) is 90.0 cm³/mol. The minimum atomic E-state index is -0.747. The second-order valence-electron chi connectivity index (χ2n) is 4.94. The Balaban J connectivity index is 2.36. The summed E-state index contributed by atoms with van der Waals surface area (Å²) >= 11 is 0. The van der Waals surface area contributed by atoms with Gasteiger partial charge in [-0.15, -0.1) is 0 Å². The first-order valence-electron chi connectivity index (χ1n) is 7.11. The van der Waals surface area contributed by atoms with E-state index < -0.39 is 21.2 Å². The highest BCUT2D eigenvalue weighted by Gasteiger charge is 2.19. The van der Waals surface area contributed by atoms with Crippen molar-refractivity contribution >= 4 is 22.8 Å². The van der Waals surface area contributed by atoms with Crippen LogP contribution in [0, 0.1) is 20.2 Å². The first-order valence-corrected chi connectivity index (χ1v) is 7.11. The SMILES string of the molecule is CCC(=NNc1ccc([N+](=O)[O-])cc1[N+](=O)[O-])c1ccc(O)c(O)c1. The number of nitro benzene ring substituents is 2. The molecule has 0 aliphatic heterocycles. The summed E-state index contributed by atoms with van der Waals surface area (Å²) in [4.78, 5) is 20.4. The number of phenols is 2. The van der Waals surface area contributed by atoms with Crippen molar-refractivity contribution in [3.63, 3.8) is 0 Å². The number of hydrogen-bond donors (Lipinski definition) is 3. The fourth-order valence-electron chi connectivity index (χ4n) is 2.06. The Bertz CT molecular complexity index is 865. The van der Waals surface area contributed by atoms with Crippen molar-refractivity contribution in [2.24, 2.45) is 5.10 Å². The average Bonchev–Trinajstić information content (AvgIpc) is 2.58. The number of non-ortho nitro benzene ring substituents is 1. The van der Waals surface area contributed by atoms with Gasteiger partial charge in [-0.25, -0.2) is 0 Å². The summed E-state index contributed by atoms with van der Waals surface area (Å²) in [5.41, 5.74) is 2.60. The van der Waals surface area contributed by atoms with Crippen molar-refractivity contribution in [3.8, 4) is 11.5 Å². The maximum absolute atomic E-state index is 11.1. The van der Waals surface area contributed by atoms with Crippen molar-refractivity contribution in [1.29, 1.82) is 0 Å². The zero-order valence-electron chi connectivity index (χ0n) is 13.0. The fourth-order valence-corrected chi connectivity index (χ4v) is 2.06. The van der Waals surface area contributed by atoms with E-state index in [4.69, 9.17) is 0 Å². The third-order valence-corrected chi connectivity index (χ3v) is 3.34. The first kappa shape index (κ1) is 17.7. The van der Waals surface area contributed by atoms with Gasteiger partial charge in [-0.2, -0.15) is 5.10 Å². The third kappa shape index (κ3) is 3.99. The van der Waals surface area contributed by atoms with Gasteiger partial charge in [-0.3, -0.25) is 25.7 Å². The van der Waals surface area contributed by atoms with Crippen LogP contribution in [0.4, 0.5) is 17.1 Å². The largest absolute Gasteiger partial charge is 0.504 e. The van der Waals surface area contributed by atoms with Gasteiger partial charge in [0.25, 0.3) is 5.69 Å². The van der Waals surface area contributed by atoms with Crippen LogP contribution in [0.15, 0.2) is 41.5 Å². The number of nitrogens with one attached hydrogen (secondary N) is 1. The molecular formula is C15H14N4O6. The number of hydrogen-bond acceptors (Lipinski definition) is 8. The van der Waals surface area contributed by atoms with Gasteiger partial charge < -0.3 is 10.2 Å². The highest BCUT2D eigenvalue weighted by molar-refractivity contribution is 6.01. The van der Waals surface area contributed by atoms with Crippen LogP contribution in [0.25, 0.3) is 0 Å². The fraction of sp³-hybridized carbons (Fsp3) is 0.133. The minimum absolute atomic E-state index is 0.00968. The Labute approximate surface area is 141 Å². The molecule has 0 aromatic heterocycles. The normalized spacial score (nSPS) is 11.2. The summed E-state index contributed by atoms with van der Waals surface area (Å²) in [7, 11) is 0. The molecule has 25 heavy (non-hydrogen) atoms. The molecule has 0 fully saturated rings. The van der Waals surface area contributed by atoms with Crippen molar-refractivity contribution in [2.75, 3.05) is 5.43 Å². The molecule has 0 saturated heterocycles. The van der Waals surface area contributed by atoms with Gasteiger partial charge in [0.05, 0.1) is 21.6 Å². The van der Waals surface area contributed by atoms with E-state index in [1.165, 1.54) is 24.3 Å². The summed E-state index contributed by atoms with van der Waals surface area (Å²) in [5, 5.41) is 44.8. The van der Waals surface area contributed by atoms with Crippen LogP contribution >= 0.6 is 0 Å². The van der Waals surface area contributed by atoms with Crippen LogP contribution in [0.5, 0.6) is 11.5 Å². The summed E-state index contributed by atoms with van der Waals surface area (Å²) < 4.78 is 0. The van der Waals surface area contributed by atoms with E-state index in [1.807, 2.05) is 0 Å². The lowest BCUT2D eigenvalue weighted by Crippen LogP contribution is -2.04. The highest BCUT2D eigenvalue weighted by atomic mass is 16.6. The molecule has 0 saturated carbocycles. The molecule has 10 heteroatoms. The van der Waals surface area contributed by atoms with Crippen molar-refractivity contribution < 1.29 is 20.1 Å². The Morgan fingerprint density at radius 1 is 1.08 bits per heavy atom. The van der Waals surface area contributed by atoms with E-state index in [2.05, 4.69) is 10.5 Å². The summed E-state index contributed by atoms with van der Waals surface area (Å²) in [6, 6.07) is 7.30. The van der Waals surface area contributed by atoms with Gasteiger partial charge in [-0.1, -0.05) is 6.92 Å². The second-order valence-corrected chi connectivity index (χ2v) is 4.94. The molecule has 0 unspecified atom stereocenters. The number of nitrogens with zero attached hydrogens (tertiary/aromatic N) is 3. The van der Waals surface area contributed by atoms with E-state index in [0.29, 0.717) is 17.7 Å². The van der Waals surface area contributed by atoms with E-state index in [-0.39, 0.29) is 17.2 Å². The topological polar surface area (TPSA) is 151 Å². The molecule has 10 nitrogen and oxygen atoms in total. The Hall–Kier alpha value is -3.69. The van der Waals surface area contributed by atoms with Gasteiger partial charge in [-0.05, 0) is 30.7 Å². The van der Waals surface area contributed by atoms with Crippen LogP contribution in [0.2, 0.25) is 0 Å². The van der Waals surface area contributed by atoms with Crippen LogP contribution in [0.1, 0.15) is 18.9 Å². The molecule has 0 heterocycles. The summed E-state index contributed by atoms with van der Waals surface area (Å²) in [5.74, 6) is -0.599. The van der Waals surface area contributed by atoms with Crippen LogP contribution in [-0.4, -0.2) is 25.8 Å². The first-order chi connectivity index (χ1) is 11.8. The maximum Gasteiger partial charge on any atom is 0.301 e. The number of nitro groups is 2. The van der Waals surface area contributed by atoms with E-state index in [0.717, 1.165) is 12.1 Å². The van der Waals surface area contributed by atoms with Crippen molar-refractivity contribution in [3.05, 3.63) is 62.2 Å². The molecule has 3 N–H and O–H groups in total. The maximum atomic E-state index is 11.1. The van der Waals surface area contributed by atoms with Gasteiger partial charge in [0.15, 0.2) is 11.5 Å². The zero-order chi connectivity index (χ0) is 18.6. The number of hydrazone groups is 1. The highest BCUT2D eigenvalue weighted by Crippen LogP contribution is 2.29. The molecule has 0 spiro atoms. The van der Waals surface area contributed by atoms with Crippen molar-refractivity contribution in [1.82, 2.24) is 0 Å². The Morgan fingerprint density at radius 2 is 1.80 bits per heavy atom. The average molecular weight is 346 g/mol. The van der Waals surface area contributed by atoms with E-state index in [1.54, 1.807) is 6.92 Å². The van der Waals surface area contributed by atoms with Gasteiger partial charge in [0.2, 0.25) is 0 Å². The number of aromatic hydroxyl groups is 2. The van der Waals surface area contributed by atoms with Crippen LogP contribution in [-0.2, 0) is 0 Å². The number of rotatable bonds is 6. The lowest BCUT2D eigenvalue weighted by Gasteiger charge is -2.07. The molecule has 0 aliphatic rings. The smallest absolute Gasteiger partial charge is 0.301 e. The molecule has 0 radical (unpaired) electrons. The lowest BCUT2D eigenvalue weighted by atomic mass is 10.1. The van der Waals surface area contributed by atoms with Gasteiger partial charge in [0.1, 0.15) is 5.69 Å². The standard InChI is InChI=1S/C15H14N4O6/c1-2-11(9-3-6-14(20)15(21)7-9)16-17-12-5-4-10(18(22)23)8-13(12)19(24)25/h3-8,17,20-21H,2H2,1H3.